The Labute approximate surface area is 130 Å². The zero-order chi connectivity index (χ0) is 16.6. The Kier molecular flexibility index (Phi) is 7.31. The first kappa shape index (κ1) is 18.4. The molecule has 0 aliphatic rings. The molecule has 7 heteroatoms. The van der Waals surface area contributed by atoms with Gasteiger partial charge in [-0.05, 0) is 31.4 Å². The van der Waals surface area contributed by atoms with Crippen molar-refractivity contribution < 1.29 is 22.2 Å². The summed E-state index contributed by atoms with van der Waals surface area (Å²) in [5.74, 6) is -1.83. The van der Waals surface area contributed by atoms with E-state index in [0.29, 0.717) is 29.1 Å². The van der Waals surface area contributed by atoms with Gasteiger partial charge in [0, 0.05) is 23.9 Å². The Morgan fingerprint density at radius 3 is 2.45 bits per heavy atom. The minimum atomic E-state index is -4.82. The van der Waals surface area contributed by atoms with Crippen LogP contribution in [0.2, 0.25) is 0 Å². The van der Waals surface area contributed by atoms with Crippen molar-refractivity contribution >= 4 is 16.7 Å². The van der Waals surface area contributed by atoms with Crippen LogP contribution in [0.3, 0.4) is 0 Å². The first-order valence-corrected chi connectivity index (χ1v) is 7.98. The van der Waals surface area contributed by atoms with Crippen LogP contribution in [0, 0.1) is 0 Å². The minimum absolute atomic E-state index is 0.0496. The molecular formula is C15H18F3NO2S. The zero-order valence-corrected chi connectivity index (χ0v) is 13.0. The predicted octanol–water partition coefficient (Wildman–Crippen LogP) is 3.50. The molecule has 0 fully saturated rings. The van der Waals surface area contributed by atoms with E-state index in [1.165, 1.54) is 0 Å². The maximum Gasteiger partial charge on any atom is 0.471 e. The number of nitrogens with zero attached hydrogens (tertiary/aromatic N) is 1. The van der Waals surface area contributed by atoms with Crippen molar-refractivity contribution in [3.05, 3.63) is 41.8 Å². The molecule has 0 aliphatic heterocycles. The Morgan fingerprint density at radius 1 is 1.23 bits per heavy atom. The first-order chi connectivity index (χ1) is 10.3. The Balaban J connectivity index is 2.24. The highest BCUT2D eigenvalue weighted by atomic mass is 32.2. The quantitative estimate of drug-likeness (QED) is 0.716. The largest absolute Gasteiger partial charge is 0.471 e. The number of allylic oxidation sites excluding steroid dienone is 1. The Bertz CT molecular complexity index is 529. The molecule has 0 aliphatic carbocycles. The molecule has 1 aromatic carbocycles. The second-order valence-corrected chi connectivity index (χ2v) is 6.04. The Hall–Kier alpha value is -1.63. The van der Waals surface area contributed by atoms with Gasteiger partial charge in [-0.3, -0.25) is 4.79 Å². The SMILES string of the molecule is CN(CCCC/C=C\S(=O)c1ccccc1)C(=O)C(F)(F)F. The van der Waals surface area contributed by atoms with E-state index < -0.39 is 22.9 Å². The van der Waals surface area contributed by atoms with E-state index in [4.69, 9.17) is 0 Å². The van der Waals surface area contributed by atoms with Crippen LogP contribution in [0.25, 0.3) is 0 Å². The summed E-state index contributed by atoms with van der Waals surface area (Å²) in [6, 6.07) is 8.96. The summed E-state index contributed by atoms with van der Waals surface area (Å²) in [4.78, 5) is 12.3. The van der Waals surface area contributed by atoms with Gasteiger partial charge < -0.3 is 4.90 Å². The number of halogens is 3. The molecule has 1 atom stereocenters. The summed E-state index contributed by atoms with van der Waals surface area (Å²) < 4.78 is 48.3. The normalized spacial score (nSPS) is 13.3. The molecule has 1 unspecified atom stereocenters. The highest BCUT2D eigenvalue weighted by molar-refractivity contribution is 7.88. The van der Waals surface area contributed by atoms with Crippen molar-refractivity contribution in [2.45, 2.75) is 30.3 Å². The smallest absolute Gasteiger partial charge is 0.338 e. The average molecular weight is 333 g/mol. The average Bonchev–Trinajstić information content (AvgIpc) is 2.49. The summed E-state index contributed by atoms with van der Waals surface area (Å²) in [5, 5.41) is 1.57. The maximum atomic E-state index is 12.1. The molecule has 0 saturated carbocycles. The number of hydrogen-bond donors (Lipinski definition) is 0. The van der Waals surface area contributed by atoms with Crippen molar-refractivity contribution in [3.63, 3.8) is 0 Å². The topological polar surface area (TPSA) is 37.4 Å². The number of unbranched alkanes of at least 4 members (excludes halogenated alkanes) is 2. The molecule has 0 spiro atoms. The second kappa shape index (κ2) is 8.73. The highest BCUT2D eigenvalue weighted by Gasteiger charge is 2.40. The molecule has 1 amide bonds. The van der Waals surface area contributed by atoms with Crippen LogP contribution in [0.5, 0.6) is 0 Å². The third-order valence-corrected chi connectivity index (χ3v) is 4.08. The number of hydrogen-bond acceptors (Lipinski definition) is 2. The van der Waals surface area contributed by atoms with Crippen molar-refractivity contribution in [1.82, 2.24) is 4.90 Å². The maximum absolute atomic E-state index is 12.1. The molecule has 0 N–H and O–H groups in total. The Morgan fingerprint density at radius 2 is 1.86 bits per heavy atom. The lowest BCUT2D eigenvalue weighted by Crippen LogP contribution is -2.38. The van der Waals surface area contributed by atoms with E-state index in [1.54, 1.807) is 35.7 Å². The second-order valence-electron chi connectivity index (χ2n) is 4.70. The molecule has 1 rings (SSSR count). The zero-order valence-electron chi connectivity index (χ0n) is 12.2. The number of alkyl halides is 3. The minimum Gasteiger partial charge on any atom is -0.338 e. The molecule has 0 bridgehead atoms. The fraction of sp³-hybridized carbons (Fsp3) is 0.400. The molecule has 122 valence electrons. The van der Waals surface area contributed by atoms with Crippen LogP contribution in [0.15, 0.2) is 46.7 Å². The van der Waals surface area contributed by atoms with Crippen LogP contribution < -0.4 is 0 Å². The summed E-state index contributed by atoms with van der Waals surface area (Å²) in [6.07, 6.45) is -1.39. The number of carbonyl (C=O) groups is 1. The molecule has 3 nitrogen and oxygen atoms in total. The standard InChI is InChI=1S/C15H18F3NO2S/c1-19(14(20)15(16,17)18)11-7-2-3-8-12-22(21)13-9-5-4-6-10-13/h4-6,8-10,12H,2-3,7,11H2,1H3/b12-8-. The lowest BCUT2D eigenvalue weighted by Gasteiger charge is -2.18. The molecule has 0 radical (unpaired) electrons. The monoisotopic (exact) mass is 333 g/mol. The lowest BCUT2D eigenvalue weighted by atomic mass is 10.2. The fourth-order valence-corrected chi connectivity index (χ4v) is 2.61. The van der Waals surface area contributed by atoms with Gasteiger partial charge in [0.15, 0.2) is 0 Å². The third-order valence-electron chi connectivity index (χ3n) is 2.90. The third kappa shape index (κ3) is 6.43. The summed E-state index contributed by atoms with van der Waals surface area (Å²) in [5.41, 5.74) is 0. The van der Waals surface area contributed by atoms with E-state index in [1.807, 2.05) is 6.07 Å². The molecule has 0 heterocycles. The molecule has 0 saturated heterocycles. The van der Waals surface area contributed by atoms with Gasteiger partial charge in [0.2, 0.25) is 0 Å². The van der Waals surface area contributed by atoms with E-state index in [9.17, 15) is 22.2 Å². The van der Waals surface area contributed by atoms with Gasteiger partial charge in [-0.15, -0.1) is 0 Å². The van der Waals surface area contributed by atoms with Gasteiger partial charge in [-0.25, -0.2) is 4.21 Å². The molecule has 0 aromatic heterocycles. The van der Waals surface area contributed by atoms with Gasteiger partial charge in [0.05, 0.1) is 10.8 Å². The summed E-state index contributed by atoms with van der Waals surface area (Å²) in [6.45, 7) is 0.0496. The van der Waals surface area contributed by atoms with E-state index in [-0.39, 0.29) is 6.54 Å². The highest BCUT2D eigenvalue weighted by Crippen LogP contribution is 2.17. The first-order valence-electron chi connectivity index (χ1n) is 6.77. The van der Waals surface area contributed by atoms with Crippen molar-refractivity contribution in [2.75, 3.05) is 13.6 Å². The van der Waals surface area contributed by atoms with Gasteiger partial charge in [-0.1, -0.05) is 24.3 Å². The van der Waals surface area contributed by atoms with Gasteiger partial charge in [0.1, 0.15) is 0 Å². The fourth-order valence-electron chi connectivity index (χ4n) is 1.72. The molecular weight excluding hydrogens is 315 g/mol. The summed E-state index contributed by atoms with van der Waals surface area (Å²) >= 11 is 0. The van der Waals surface area contributed by atoms with Crippen LogP contribution >= 0.6 is 0 Å². The van der Waals surface area contributed by atoms with E-state index in [0.717, 1.165) is 7.05 Å². The van der Waals surface area contributed by atoms with Crippen LogP contribution in [-0.4, -0.2) is 34.8 Å². The lowest BCUT2D eigenvalue weighted by molar-refractivity contribution is -0.184. The van der Waals surface area contributed by atoms with Crippen LogP contribution in [0.4, 0.5) is 13.2 Å². The predicted molar refractivity (Wildman–Crippen MR) is 79.5 cm³/mol. The van der Waals surface area contributed by atoms with Crippen LogP contribution in [0.1, 0.15) is 19.3 Å². The number of rotatable bonds is 7. The molecule has 1 aromatic rings. The van der Waals surface area contributed by atoms with Gasteiger partial charge >= 0.3 is 12.1 Å². The number of carbonyl (C=O) groups excluding carboxylic acids is 1. The summed E-state index contributed by atoms with van der Waals surface area (Å²) in [7, 11) is -0.0755. The van der Waals surface area contributed by atoms with E-state index >= 15 is 0 Å². The van der Waals surface area contributed by atoms with Crippen molar-refractivity contribution in [3.8, 4) is 0 Å². The van der Waals surface area contributed by atoms with Crippen molar-refractivity contribution in [1.29, 1.82) is 0 Å². The van der Waals surface area contributed by atoms with E-state index in [2.05, 4.69) is 0 Å². The van der Waals surface area contributed by atoms with Gasteiger partial charge in [-0.2, -0.15) is 13.2 Å². The van der Waals surface area contributed by atoms with Crippen molar-refractivity contribution in [2.24, 2.45) is 0 Å². The van der Waals surface area contributed by atoms with Gasteiger partial charge in [0.25, 0.3) is 0 Å². The molecule has 22 heavy (non-hydrogen) atoms. The number of amides is 1. The number of benzene rings is 1. The van der Waals surface area contributed by atoms with Crippen LogP contribution in [-0.2, 0) is 15.6 Å².